The van der Waals surface area contributed by atoms with Crippen LogP contribution in [-0.2, 0) is 14.3 Å². The molecule has 2 N–H and O–H groups in total. The van der Waals surface area contributed by atoms with E-state index in [2.05, 4.69) is 10.6 Å². The van der Waals surface area contributed by atoms with Gasteiger partial charge in [0.05, 0.1) is 23.6 Å². The first kappa shape index (κ1) is 26.4. The number of fused-ring (bicyclic) bond motifs is 4. The molecule has 0 aliphatic carbocycles. The third-order valence-electron chi connectivity index (χ3n) is 5.67. The number of amides is 2. The van der Waals surface area contributed by atoms with E-state index in [4.69, 9.17) is 9.47 Å². The second-order valence-corrected chi connectivity index (χ2v) is 10.8. The molecule has 1 unspecified atom stereocenters. The van der Waals surface area contributed by atoms with Crippen molar-refractivity contribution in [2.24, 2.45) is 5.92 Å². The standard InChI is InChI=1S/C26H32N2O6S/c1-14-8-7-9-19(28-25(32)34-26(3,4)5)21-13-18(22(35-21)15(2)29)17-11-10-16(24(31)33-6)12-20(17)27-23(14)30/h10-14,19H,7-9H2,1-6H3,(H,27,30)(H,28,32)/t14-,19?/m1/s1. The van der Waals surface area contributed by atoms with Crippen LogP contribution in [0.1, 0.15) is 84.8 Å². The number of carbonyl (C=O) groups is 4. The monoisotopic (exact) mass is 500 g/mol. The molecule has 2 bridgehead atoms. The Morgan fingerprint density at radius 2 is 1.83 bits per heavy atom. The highest BCUT2D eigenvalue weighted by Crippen LogP contribution is 2.40. The molecule has 2 aromatic rings. The number of benzene rings is 1. The number of Topliss-reactive ketones (excluding diaryl/α,β-unsaturated/α-hetero) is 1. The quantitative estimate of drug-likeness (QED) is 0.411. The fourth-order valence-electron chi connectivity index (χ4n) is 3.92. The SMILES string of the molecule is COC(=O)c1ccc2c(c1)NC(=O)[C@H](C)CCCC(NC(=O)OC(C)(C)C)c1cc-2c(C(C)=O)s1. The number of hydrogen-bond donors (Lipinski definition) is 2. The highest BCUT2D eigenvalue weighted by atomic mass is 32.1. The maximum Gasteiger partial charge on any atom is 0.408 e. The molecule has 1 aromatic heterocycles. The van der Waals surface area contributed by atoms with Crippen LogP contribution in [-0.4, -0.2) is 36.5 Å². The van der Waals surface area contributed by atoms with Gasteiger partial charge in [-0.1, -0.05) is 19.4 Å². The lowest BCUT2D eigenvalue weighted by atomic mass is 9.95. The van der Waals surface area contributed by atoms with Gasteiger partial charge in [0.1, 0.15) is 5.60 Å². The lowest BCUT2D eigenvalue weighted by Gasteiger charge is -2.24. The van der Waals surface area contributed by atoms with Crippen molar-refractivity contribution < 1.29 is 28.7 Å². The summed E-state index contributed by atoms with van der Waals surface area (Å²) in [5.41, 5.74) is 1.31. The van der Waals surface area contributed by atoms with Gasteiger partial charge in [-0.05, 0) is 58.7 Å². The van der Waals surface area contributed by atoms with Gasteiger partial charge in [0.15, 0.2) is 5.78 Å². The Labute approximate surface area is 209 Å². The molecule has 9 heteroatoms. The van der Waals surface area contributed by atoms with Gasteiger partial charge in [-0.2, -0.15) is 0 Å². The third kappa shape index (κ3) is 6.48. The van der Waals surface area contributed by atoms with Crippen LogP contribution in [0.25, 0.3) is 11.1 Å². The fraction of sp³-hybridized carbons (Fsp3) is 0.462. The van der Waals surface area contributed by atoms with Crippen LogP contribution in [0, 0.1) is 5.92 Å². The first-order valence-electron chi connectivity index (χ1n) is 11.6. The Hall–Kier alpha value is -3.20. The van der Waals surface area contributed by atoms with Crippen LogP contribution in [0.5, 0.6) is 0 Å². The summed E-state index contributed by atoms with van der Waals surface area (Å²) in [7, 11) is 1.29. The smallest absolute Gasteiger partial charge is 0.408 e. The van der Waals surface area contributed by atoms with Crippen LogP contribution in [0.3, 0.4) is 0 Å². The second-order valence-electron chi connectivity index (χ2n) is 9.72. The molecule has 1 aromatic carbocycles. The highest BCUT2D eigenvalue weighted by molar-refractivity contribution is 7.14. The predicted molar refractivity (Wildman–Crippen MR) is 135 cm³/mol. The van der Waals surface area contributed by atoms with E-state index in [0.29, 0.717) is 41.0 Å². The molecule has 3 rings (SSSR count). The molecule has 1 aliphatic heterocycles. The van der Waals surface area contributed by atoms with Crippen LogP contribution >= 0.6 is 11.3 Å². The molecular formula is C26H32N2O6S. The molecule has 2 atom stereocenters. The zero-order valence-corrected chi connectivity index (χ0v) is 21.8. The minimum absolute atomic E-state index is 0.134. The zero-order valence-electron chi connectivity index (χ0n) is 20.9. The van der Waals surface area contributed by atoms with Crippen molar-refractivity contribution in [3.8, 4) is 11.1 Å². The van der Waals surface area contributed by atoms with E-state index in [1.54, 1.807) is 39.0 Å². The van der Waals surface area contributed by atoms with Crippen molar-refractivity contribution in [2.45, 2.75) is 65.5 Å². The molecule has 0 saturated heterocycles. The number of alkyl carbamates (subject to hydrolysis) is 1. The number of methoxy groups -OCH3 is 1. The van der Waals surface area contributed by atoms with E-state index in [9.17, 15) is 19.2 Å². The number of rotatable bonds is 3. The van der Waals surface area contributed by atoms with Crippen molar-refractivity contribution in [3.05, 3.63) is 39.6 Å². The van der Waals surface area contributed by atoms with E-state index in [-0.39, 0.29) is 29.2 Å². The average Bonchev–Trinajstić information content (AvgIpc) is 3.21. The number of ketones is 1. The van der Waals surface area contributed by atoms with Crippen LogP contribution in [0.2, 0.25) is 0 Å². The molecule has 1 aliphatic rings. The number of esters is 1. The van der Waals surface area contributed by atoms with Crippen LogP contribution < -0.4 is 10.6 Å². The fourth-order valence-corrected chi connectivity index (χ4v) is 5.08. The number of ether oxygens (including phenoxy) is 2. The van der Waals surface area contributed by atoms with Crippen molar-refractivity contribution >= 4 is 40.8 Å². The van der Waals surface area contributed by atoms with Gasteiger partial charge in [0.25, 0.3) is 0 Å². The van der Waals surface area contributed by atoms with Crippen molar-refractivity contribution in [3.63, 3.8) is 0 Å². The van der Waals surface area contributed by atoms with Gasteiger partial charge >= 0.3 is 12.1 Å². The Balaban J connectivity index is 2.14. The van der Waals surface area contributed by atoms with Gasteiger partial charge < -0.3 is 20.1 Å². The van der Waals surface area contributed by atoms with E-state index < -0.39 is 17.7 Å². The largest absolute Gasteiger partial charge is 0.465 e. The van der Waals surface area contributed by atoms with Gasteiger partial charge in [-0.3, -0.25) is 9.59 Å². The topological polar surface area (TPSA) is 111 Å². The normalized spacial score (nSPS) is 18.3. The lowest BCUT2D eigenvalue weighted by molar-refractivity contribution is -0.119. The summed E-state index contributed by atoms with van der Waals surface area (Å²) in [4.78, 5) is 51.6. The summed E-state index contributed by atoms with van der Waals surface area (Å²) < 4.78 is 10.3. The van der Waals surface area contributed by atoms with Crippen molar-refractivity contribution in [1.29, 1.82) is 0 Å². The molecule has 0 saturated carbocycles. The number of anilines is 1. The Morgan fingerprint density at radius 3 is 2.46 bits per heavy atom. The molecule has 188 valence electrons. The van der Waals surface area contributed by atoms with E-state index in [0.717, 1.165) is 4.88 Å². The maximum atomic E-state index is 13.0. The first-order valence-corrected chi connectivity index (χ1v) is 12.4. The summed E-state index contributed by atoms with van der Waals surface area (Å²) in [6, 6.07) is 6.36. The number of hydrogen-bond acceptors (Lipinski definition) is 7. The Kier molecular flexibility index (Phi) is 8.00. The van der Waals surface area contributed by atoms with Crippen LogP contribution in [0.4, 0.5) is 10.5 Å². The van der Waals surface area contributed by atoms with E-state index in [1.165, 1.54) is 25.4 Å². The molecule has 0 radical (unpaired) electrons. The van der Waals surface area contributed by atoms with Gasteiger partial charge in [-0.15, -0.1) is 11.3 Å². The summed E-state index contributed by atoms with van der Waals surface area (Å²) in [5, 5.41) is 5.88. The Morgan fingerprint density at radius 1 is 1.11 bits per heavy atom. The zero-order chi connectivity index (χ0) is 25.9. The summed E-state index contributed by atoms with van der Waals surface area (Å²) >= 11 is 1.31. The van der Waals surface area contributed by atoms with Gasteiger partial charge in [0.2, 0.25) is 5.91 Å². The maximum absolute atomic E-state index is 13.0. The minimum atomic E-state index is -0.649. The van der Waals surface area contributed by atoms with E-state index >= 15 is 0 Å². The molecule has 2 amide bonds. The van der Waals surface area contributed by atoms with Gasteiger partial charge in [-0.25, -0.2) is 9.59 Å². The number of thiophene rings is 1. The molecule has 2 heterocycles. The minimum Gasteiger partial charge on any atom is -0.465 e. The predicted octanol–water partition coefficient (Wildman–Crippen LogP) is 5.73. The summed E-state index contributed by atoms with van der Waals surface area (Å²) in [6.07, 6.45) is 1.32. The summed E-state index contributed by atoms with van der Waals surface area (Å²) in [6.45, 7) is 8.71. The first-order chi connectivity index (χ1) is 16.4. The molecular weight excluding hydrogens is 468 g/mol. The van der Waals surface area contributed by atoms with Gasteiger partial charge in [0, 0.05) is 27.6 Å². The van der Waals surface area contributed by atoms with E-state index in [1.807, 2.05) is 13.0 Å². The average molecular weight is 501 g/mol. The third-order valence-corrected chi connectivity index (χ3v) is 7.02. The summed E-state index contributed by atoms with van der Waals surface area (Å²) in [5.74, 6) is -1.15. The molecule has 35 heavy (non-hydrogen) atoms. The van der Waals surface area contributed by atoms with Crippen LogP contribution in [0.15, 0.2) is 24.3 Å². The molecule has 0 spiro atoms. The van der Waals surface area contributed by atoms with Crippen molar-refractivity contribution in [1.82, 2.24) is 5.32 Å². The highest BCUT2D eigenvalue weighted by Gasteiger charge is 2.27. The second kappa shape index (κ2) is 10.6. The molecule has 0 fully saturated rings. The Bertz CT molecular complexity index is 1150. The number of carbonyl (C=O) groups excluding carboxylic acids is 4. The lowest BCUT2D eigenvalue weighted by Crippen LogP contribution is -2.34. The number of nitrogens with one attached hydrogen (secondary N) is 2. The molecule has 8 nitrogen and oxygen atoms in total. The van der Waals surface area contributed by atoms with Crippen molar-refractivity contribution in [2.75, 3.05) is 12.4 Å².